The molecule has 0 saturated heterocycles. The van der Waals surface area contributed by atoms with Crippen molar-refractivity contribution < 1.29 is 14.6 Å². The van der Waals surface area contributed by atoms with Crippen molar-refractivity contribution in [1.82, 2.24) is 14.8 Å². The first-order valence-electron chi connectivity index (χ1n) is 5.29. The second kappa shape index (κ2) is 6.02. The van der Waals surface area contributed by atoms with Crippen LogP contribution in [0.15, 0.2) is 5.16 Å². The van der Waals surface area contributed by atoms with Crippen LogP contribution in [0.3, 0.4) is 0 Å². The van der Waals surface area contributed by atoms with Crippen LogP contribution in [0.5, 0.6) is 0 Å². The summed E-state index contributed by atoms with van der Waals surface area (Å²) in [5.74, 6) is -0.170. The third-order valence-corrected chi connectivity index (χ3v) is 3.18. The summed E-state index contributed by atoms with van der Waals surface area (Å²) in [5.41, 5.74) is 0. The van der Waals surface area contributed by atoms with Crippen LogP contribution in [-0.4, -0.2) is 38.7 Å². The highest BCUT2D eigenvalue weighted by Gasteiger charge is 2.20. The van der Waals surface area contributed by atoms with Gasteiger partial charge in [0.1, 0.15) is 6.10 Å². The summed E-state index contributed by atoms with van der Waals surface area (Å²) in [4.78, 5) is 10.5. The average Bonchev–Trinajstić information content (AvgIpc) is 2.68. The maximum absolute atomic E-state index is 10.5. The molecule has 1 aromatic rings. The SMILES string of the molecule is COC(C)c1nnc(SCC(=O)O)n1C(C)C. The lowest BCUT2D eigenvalue weighted by Crippen LogP contribution is -2.12. The third kappa shape index (κ3) is 3.44. The van der Waals surface area contributed by atoms with Gasteiger partial charge in [0.25, 0.3) is 0 Å². The first-order chi connectivity index (χ1) is 7.97. The van der Waals surface area contributed by atoms with E-state index in [1.54, 1.807) is 7.11 Å². The van der Waals surface area contributed by atoms with Crippen LogP contribution in [-0.2, 0) is 9.53 Å². The molecule has 0 radical (unpaired) electrons. The Morgan fingerprint density at radius 2 is 2.12 bits per heavy atom. The average molecular weight is 259 g/mol. The number of ether oxygens (including phenoxy) is 1. The number of hydrogen-bond acceptors (Lipinski definition) is 5. The number of carboxylic acids is 1. The lowest BCUT2D eigenvalue weighted by molar-refractivity contribution is -0.133. The van der Waals surface area contributed by atoms with Gasteiger partial charge in [-0.2, -0.15) is 0 Å². The van der Waals surface area contributed by atoms with Gasteiger partial charge in [0.15, 0.2) is 11.0 Å². The van der Waals surface area contributed by atoms with E-state index in [2.05, 4.69) is 10.2 Å². The standard InChI is InChI=1S/C10H17N3O3S/c1-6(2)13-9(7(3)16-4)11-12-10(13)17-5-8(14)15/h6-7H,5H2,1-4H3,(H,14,15). The second-order valence-electron chi connectivity index (χ2n) is 3.86. The predicted molar refractivity (Wildman–Crippen MR) is 64.2 cm³/mol. The van der Waals surface area contributed by atoms with E-state index in [1.807, 2.05) is 25.3 Å². The molecule has 7 heteroatoms. The number of aliphatic carboxylic acids is 1. The summed E-state index contributed by atoms with van der Waals surface area (Å²) < 4.78 is 7.12. The van der Waals surface area contributed by atoms with Crippen LogP contribution in [0, 0.1) is 0 Å². The van der Waals surface area contributed by atoms with Crippen molar-refractivity contribution in [1.29, 1.82) is 0 Å². The highest BCUT2D eigenvalue weighted by Crippen LogP contribution is 2.25. The Bertz CT molecular complexity index is 392. The van der Waals surface area contributed by atoms with Gasteiger partial charge in [-0.15, -0.1) is 10.2 Å². The lowest BCUT2D eigenvalue weighted by atomic mass is 10.3. The van der Waals surface area contributed by atoms with Crippen LogP contribution in [0.1, 0.15) is 38.7 Å². The highest BCUT2D eigenvalue weighted by molar-refractivity contribution is 7.99. The highest BCUT2D eigenvalue weighted by atomic mass is 32.2. The fraction of sp³-hybridized carbons (Fsp3) is 0.700. The molecular formula is C10H17N3O3S. The van der Waals surface area contributed by atoms with Gasteiger partial charge in [0, 0.05) is 13.2 Å². The van der Waals surface area contributed by atoms with Gasteiger partial charge >= 0.3 is 5.97 Å². The minimum atomic E-state index is -0.866. The van der Waals surface area contributed by atoms with Crippen molar-refractivity contribution >= 4 is 17.7 Å². The van der Waals surface area contributed by atoms with Crippen molar-refractivity contribution in [2.45, 2.75) is 38.1 Å². The van der Waals surface area contributed by atoms with E-state index in [4.69, 9.17) is 9.84 Å². The van der Waals surface area contributed by atoms with Crippen molar-refractivity contribution in [3.8, 4) is 0 Å². The Morgan fingerprint density at radius 1 is 1.47 bits per heavy atom. The molecule has 1 atom stereocenters. The molecule has 0 amide bonds. The van der Waals surface area contributed by atoms with E-state index < -0.39 is 5.97 Å². The number of methoxy groups -OCH3 is 1. The molecule has 1 unspecified atom stereocenters. The zero-order valence-electron chi connectivity index (χ0n) is 10.4. The monoisotopic (exact) mass is 259 g/mol. The first-order valence-corrected chi connectivity index (χ1v) is 6.28. The molecule has 1 N–H and O–H groups in total. The molecule has 17 heavy (non-hydrogen) atoms. The van der Waals surface area contributed by atoms with Crippen molar-refractivity contribution in [3.63, 3.8) is 0 Å². The fourth-order valence-corrected chi connectivity index (χ4v) is 2.18. The number of aromatic nitrogens is 3. The van der Waals surface area contributed by atoms with E-state index in [-0.39, 0.29) is 17.9 Å². The summed E-state index contributed by atoms with van der Waals surface area (Å²) in [6.45, 7) is 5.88. The molecule has 1 heterocycles. The first kappa shape index (κ1) is 14.0. The quantitative estimate of drug-likeness (QED) is 0.784. The molecule has 0 aliphatic rings. The maximum atomic E-state index is 10.5. The van der Waals surface area contributed by atoms with Gasteiger partial charge in [-0.1, -0.05) is 11.8 Å². The van der Waals surface area contributed by atoms with E-state index in [0.717, 1.165) is 5.82 Å². The van der Waals surface area contributed by atoms with Gasteiger partial charge in [-0.3, -0.25) is 4.79 Å². The molecule has 1 rings (SSSR count). The normalized spacial score (nSPS) is 13.0. The van der Waals surface area contributed by atoms with E-state index in [9.17, 15) is 4.79 Å². The van der Waals surface area contributed by atoms with Crippen LogP contribution in [0.4, 0.5) is 0 Å². The molecule has 0 fully saturated rings. The number of carbonyl (C=O) groups is 1. The number of carboxylic acid groups (broad SMARTS) is 1. The molecule has 0 bridgehead atoms. The van der Waals surface area contributed by atoms with Gasteiger partial charge in [0.05, 0.1) is 5.75 Å². The topological polar surface area (TPSA) is 77.2 Å². The Labute approximate surface area is 104 Å². The van der Waals surface area contributed by atoms with Gasteiger partial charge in [-0.05, 0) is 20.8 Å². The number of hydrogen-bond donors (Lipinski definition) is 1. The molecule has 0 aromatic carbocycles. The van der Waals surface area contributed by atoms with Crippen molar-refractivity contribution in [3.05, 3.63) is 5.82 Å². The molecule has 0 aliphatic carbocycles. The number of nitrogens with zero attached hydrogens (tertiary/aromatic N) is 3. The predicted octanol–water partition coefficient (Wildman–Crippen LogP) is 1.74. The van der Waals surface area contributed by atoms with Crippen LogP contribution < -0.4 is 0 Å². The third-order valence-electron chi connectivity index (χ3n) is 2.25. The van der Waals surface area contributed by atoms with Gasteiger partial charge < -0.3 is 14.4 Å². The zero-order chi connectivity index (χ0) is 13.0. The molecule has 1 aromatic heterocycles. The van der Waals surface area contributed by atoms with Crippen LogP contribution >= 0.6 is 11.8 Å². The Morgan fingerprint density at radius 3 is 2.59 bits per heavy atom. The number of thioether (sulfide) groups is 1. The molecule has 0 aliphatic heterocycles. The summed E-state index contributed by atoms with van der Waals surface area (Å²) in [7, 11) is 1.61. The van der Waals surface area contributed by atoms with Crippen molar-refractivity contribution in [2.24, 2.45) is 0 Å². The van der Waals surface area contributed by atoms with E-state index in [0.29, 0.717) is 5.16 Å². The molecule has 6 nitrogen and oxygen atoms in total. The van der Waals surface area contributed by atoms with Gasteiger partial charge in [0.2, 0.25) is 0 Å². The second-order valence-corrected chi connectivity index (χ2v) is 4.81. The van der Waals surface area contributed by atoms with E-state index >= 15 is 0 Å². The Balaban J connectivity index is 2.98. The molecular weight excluding hydrogens is 242 g/mol. The lowest BCUT2D eigenvalue weighted by Gasteiger charge is -2.16. The zero-order valence-corrected chi connectivity index (χ0v) is 11.2. The van der Waals surface area contributed by atoms with Crippen LogP contribution in [0.25, 0.3) is 0 Å². The molecule has 96 valence electrons. The summed E-state index contributed by atoms with van der Waals surface area (Å²) >= 11 is 1.17. The smallest absolute Gasteiger partial charge is 0.313 e. The largest absolute Gasteiger partial charge is 0.481 e. The Kier molecular flexibility index (Phi) is 4.95. The summed E-state index contributed by atoms with van der Waals surface area (Å²) in [6, 6.07) is 0.161. The van der Waals surface area contributed by atoms with E-state index in [1.165, 1.54) is 11.8 Å². The van der Waals surface area contributed by atoms with Crippen LogP contribution in [0.2, 0.25) is 0 Å². The molecule has 0 saturated carbocycles. The summed E-state index contributed by atoms with van der Waals surface area (Å²) in [6.07, 6.45) is -0.163. The van der Waals surface area contributed by atoms with Crippen molar-refractivity contribution in [2.75, 3.05) is 12.9 Å². The minimum Gasteiger partial charge on any atom is -0.481 e. The van der Waals surface area contributed by atoms with Gasteiger partial charge in [-0.25, -0.2) is 0 Å². The fourth-order valence-electron chi connectivity index (χ4n) is 1.38. The maximum Gasteiger partial charge on any atom is 0.313 e. The molecule has 0 spiro atoms. The Hall–Kier alpha value is -1.08. The minimum absolute atomic E-state index is 0.0216. The number of rotatable bonds is 6. The summed E-state index contributed by atoms with van der Waals surface area (Å²) in [5, 5.41) is 17.3.